The molecule has 2 aliphatic heterocycles. The van der Waals surface area contributed by atoms with E-state index in [0.717, 1.165) is 35.9 Å². The molecule has 2 heterocycles. The highest BCUT2D eigenvalue weighted by Gasteiger charge is 2.28. The minimum atomic E-state index is -0.138. The SMILES string of the molecule is CN(C)c1ccc(/C=C2\SC(N3CCc4ccccc4C3)=NC2=O)cc1. The van der Waals surface area contributed by atoms with E-state index in [1.807, 2.05) is 32.3 Å². The van der Waals surface area contributed by atoms with Crippen molar-refractivity contribution >= 4 is 34.6 Å². The molecule has 2 aliphatic rings. The average molecular weight is 363 g/mol. The summed E-state index contributed by atoms with van der Waals surface area (Å²) < 4.78 is 0. The normalized spacial score (nSPS) is 18.1. The van der Waals surface area contributed by atoms with E-state index in [1.54, 1.807) is 0 Å². The maximum Gasteiger partial charge on any atom is 0.286 e. The molecule has 0 unspecified atom stereocenters. The van der Waals surface area contributed by atoms with Crippen LogP contribution in [0.1, 0.15) is 16.7 Å². The smallest absolute Gasteiger partial charge is 0.286 e. The largest absolute Gasteiger partial charge is 0.378 e. The molecule has 0 spiro atoms. The highest BCUT2D eigenvalue weighted by molar-refractivity contribution is 8.18. The van der Waals surface area contributed by atoms with Crippen LogP contribution < -0.4 is 4.90 Å². The van der Waals surface area contributed by atoms with Gasteiger partial charge in [-0.2, -0.15) is 4.99 Å². The van der Waals surface area contributed by atoms with Crippen LogP contribution in [0.25, 0.3) is 6.08 Å². The lowest BCUT2D eigenvalue weighted by molar-refractivity contribution is -0.113. The third-order valence-corrected chi connectivity index (χ3v) is 5.76. The molecule has 0 saturated carbocycles. The lowest BCUT2D eigenvalue weighted by Gasteiger charge is -2.29. The molecule has 0 atom stereocenters. The van der Waals surface area contributed by atoms with Crippen molar-refractivity contribution in [2.75, 3.05) is 25.5 Å². The third-order valence-electron chi connectivity index (χ3n) is 4.72. The number of benzene rings is 2. The molecule has 0 fully saturated rings. The Morgan fingerprint density at radius 3 is 2.54 bits per heavy atom. The zero-order chi connectivity index (χ0) is 18.1. The zero-order valence-electron chi connectivity index (χ0n) is 15.0. The number of hydrogen-bond acceptors (Lipinski definition) is 4. The molecule has 2 aromatic rings. The molecule has 1 amide bonds. The van der Waals surface area contributed by atoms with Gasteiger partial charge in [0.15, 0.2) is 5.17 Å². The molecule has 26 heavy (non-hydrogen) atoms. The van der Waals surface area contributed by atoms with E-state index in [0.29, 0.717) is 4.91 Å². The van der Waals surface area contributed by atoms with Gasteiger partial charge in [-0.1, -0.05) is 36.4 Å². The van der Waals surface area contributed by atoms with Crippen molar-refractivity contribution < 1.29 is 4.79 Å². The monoisotopic (exact) mass is 363 g/mol. The molecule has 5 heteroatoms. The van der Waals surface area contributed by atoms with Crippen LogP contribution in [0.3, 0.4) is 0 Å². The average Bonchev–Trinajstić information content (AvgIpc) is 3.02. The number of amides is 1. The summed E-state index contributed by atoms with van der Waals surface area (Å²) in [5.41, 5.74) is 4.88. The fourth-order valence-electron chi connectivity index (χ4n) is 3.21. The lowest BCUT2D eigenvalue weighted by Crippen LogP contribution is -2.33. The standard InChI is InChI=1S/C21H21N3OS/c1-23(2)18-9-7-15(8-10-18)13-19-20(25)22-21(26-19)24-12-11-16-5-3-4-6-17(16)14-24/h3-10,13H,11-12,14H2,1-2H3/b19-13-. The summed E-state index contributed by atoms with van der Waals surface area (Å²) in [5, 5.41) is 0.820. The van der Waals surface area contributed by atoms with Gasteiger partial charge < -0.3 is 9.80 Å². The van der Waals surface area contributed by atoms with Gasteiger partial charge >= 0.3 is 0 Å². The minimum absolute atomic E-state index is 0.138. The number of anilines is 1. The molecule has 132 valence electrons. The van der Waals surface area contributed by atoms with Crippen molar-refractivity contribution in [3.63, 3.8) is 0 Å². The third kappa shape index (κ3) is 3.40. The summed E-state index contributed by atoms with van der Waals surface area (Å²) in [4.78, 5) is 21.6. The summed E-state index contributed by atoms with van der Waals surface area (Å²) in [7, 11) is 4.03. The highest BCUT2D eigenvalue weighted by Crippen LogP contribution is 2.32. The van der Waals surface area contributed by atoms with Crippen LogP contribution >= 0.6 is 11.8 Å². The first-order valence-corrected chi connectivity index (χ1v) is 9.53. The van der Waals surface area contributed by atoms with Crippen LogP contribution in [0.2, 0.25) is 0 Å². The molecule has 2 aromatic carbocycles. The van der Waals surface area contributed by atoms with E-state index < -0.39 is 0 Å². The first kappa shape index (κ1) is 16.9. The van der Waals surface area contributed by atoms with Crippen molar-refractivity contribution in [3.8, 4) is 0 Å². The van der Waals surface area contributed by atoms with Crippen molar-refractivity contribution in [3.05, 3.63) is 70.1 Å². The first-order chi connectivity index (χ1) is 12.6. The maximum atomic E-state index is 12.3. The van der Waals surface area contributed by atoms with Gasteiger partial charge in [0.1, 0.15) is 0 Å². The second kappa shape index (κ2) is 7.00. The van der Waals surface area contributed by atoms with Gasteiger partial charge in [-0.3, -0.25) is 4.79 Å². The number of rotatable bonds is 2. The topological polar surface area (TPSA) is 35.9 Å². The van der Waals surface area contributed by atoms with Crippen molar-refractivity contribution in [2.45, 2.75) is 13.0 Å². The van der Waals surface area contributed by atoms with Crippen LogP contribution in [0.4, 0.5) is 5.69 Å². The van der Waals surface area contributed by atoms with Crippen LogP contribution in [0, 0.1) is 0 Å². The Balaban J connectivity index is 1.49. The van der Waals surface area contributed by atoms with Gasteiger partial charge in [0.2, 0.25) is 0 Å². The summed E-state index contributed by atoms with van der Waals surface area (Å²) in [5.74, 6) is -0.138. The highest BCUT2D eigenvalue weighted by atomic mass is 32.2. The fourth-order valence-corrected chi connectivity index (χ4v) is 4.15. The first-order valence-electron chi connectivity index (χ1n) is 8.72. The number of fused-ring (bicyclic) bond motifs is 1. The minimum Gasteiger partial charge on any atom is -0.378 e. The molecular formula is C21H21N3OS. The van der Waals surface area contributed by atoms with E-state index in [9.17, 15) is 4.79 Å². The Bertz CT molecular complexity index is 900. The van der Waals surface area contributed by atoms with Crippen LogP contribution in [0.5, 0.6) is 0 Å². The van der Waals surface area contributed by atoms with E-state index >= 15 is 0 Å². The molecule has 4 nitrogen and oxygen atoms in total. The Morgan fingerprint density at radius 1 is 1.08 bits per heavy atom. The number of amidine groups is 1. The van der Waals surface area contributed by atoms with Gasteiger partial charge in [-0.05, 0) is 53.1 Å². The second-order valence-electron chi connectivity index (χ2n) is 6.74. The van der Waals surface area contributed by atoms with E-state index in [1.165, 1.54) is 22.9 Å². The number of carbonyl (C=O) groups excluding carboxylic acids is 1. The summed E-state index contributed by atoms with van der Waals surface area (Å²) in [6.45, 7) is 1.72. The quantitative estimate of drug-likeness (QED) is 0.761. The number of nitrogens with zero attached hydrogens (tertiary/aromatic N) is 3. The number of thioether (sulfide) groups is 1. The summed E-state index contributed by atoms with van der Waals surface area (Å²) in [6.07, 6.45) is 2.93. The molecule has 0 saturated heterocycles. The Hall–Kier alpha value is -2.53. The molecule has 4 rings (SSSR count). The number of hydrogen-bond donors (Lipinski definition) is 0. The van der Waals surface area contributed by atoms with Crippen LogP contribution in [0.15, 0.2) is 58.4 Å². The van der Waals surface area contributed by atoms with Crippen LogP contribution in [-0.4, -0.2) is 36.6 Å². The van der Waals surface area contributed by atoms with E-state index in [4.69, 9.17) is 0 Å². The summed E-state index contributed by atoms with van der Waals surface area (Å²) in [6, 6.07) is 16.7. The Morgan fingerprint density at radius 2 is 1.81 bits per heavy atom. The lowest BCUT2D eigenvalue weighted by atomic mass is 10.0. The predicted octanol–water partition coefficient (Wildman–Crippen LogP) is 3.78. The Kier molecular flexibility index (Phi) is 4.55. The molecule has 0 radical (unpaired) electrons. The van der Waals surface area contributed by atoms with E-state index in [2.05, 4.69) is 51.2 Å². The maximum absolute atomic E-state index is 12.3. The van der Waals surface area contributed by atoms with Crippen LogP contribution in [-0.2, 0) is 17.8 Å². The number of aliphatic imine (C=N–C) groups is 1. The predicted molar refractivity (Wildman–Crippen MR) is 109 cm³/mol. The summed E-state index contributed by atoms with van der Waals surface area (Å²) >= 11 is 1.48. The zero-order valence-corrected chi connectivity index (χ0v) is 15.8. The van der Waals surface area contributed by atoms with Crippen molar-refractivity contribution in [1.82, 2.24) is 4.90 Å². The molecule has 0 N–H and O–H groups in total. The van der Waals surface area contributed by atoms with Gasteiger partial charge in [-0.15, -0.1) is 0 Å². The molecule has 0 aromatic heterocycles. The van der Waals surface area contributed by atoms with Gasteiger partial charge in [0, 0.05) is 32.9 Å². The fraction of sp³-hybridized carbons (Fsp3) is 0.238. The molecule has 0 bridgehead atoms. The Labute approximate surface area is 158 Å². The van der Waals surface area contributed by atoms with Gasteiger partial charge in [0.05, 0.1) is 4.91 Å². The van der Waals surface area contributed by atoms with Crippen molar-refractivity contribution in [2.24, 2.45) is 4.99 Å². The van der Waals surface area contributed by atoms with Crippen molar-refractivity contribution in [1.29, 1.82) is 0 Å². The van der Waals surface area contributed by atoms with Gasteiger partial charge in [0.25, 0.3) is 5.91 Å². The van der Waals surface area contributed by atoms with E-state index in [-0.39, 0.29) is 5.91 Å². The second-order valence-corrected chi connectivity index (χ2v) is 7.75. The number of carbonyl (C=O) groups is 1. The molecule has 0 aliphatic carbocycles. The van der Waals surface area contributed by atoms with Gasteiger partial charge in [-0.25, -0.2) is 0 Å². The molecular weight excluding hydrogens is 342 g/mol.